The van der Waals surface area contributed by atoms with Gasteiger partial charge in [0.05, 0.1) is 10.6 Å². The Labute approximate surface area is 146 Å². The Morgan fingerprint density at radius 1 is 1.04 bits per heavy atom. The molecule has 0 saturated heterocycles. The van der Waals surface area contributed by atoms with Crippen molar-refractivity contribution in [2.24, 2.45) is 0 Å². The van der Waals surface area contributed by atoms with Gasteiger partial charge >= 0.3 is 0 Å². The third-order valence-corrected chi connectivity index (χ3v) is 5.51. The summed E-state index contributed by atoms with van der Waals surface area (Å²) in [6.07, 6.45) is 0.0293. The fourth-order valence-corrected chi connectivity index (χ4v) is 3.61. The molecule has 0 fully saturated rings. The number of nitrogen functional groups attached to an aromatic ring is 1. The molecule has 0 amide bonds. The molecule has 0 atom stereocenters. The molecule has 136 valence electrons. The van der Waals surface area contributed by atoms with Crippen LogP contribution >= 0.6 is 0 Å². The number of aromatic nitrogens is 2. The van der Waals surface area contributed by atoms with Crippen LogP contribution in [0, 0.1) is 13.8 Å². The first-order chi connectivity index (χ1) is 11.5. The summed E-state index contributed by atoms with van der Waals surface area (Å²) in [6, 6.07) is 5.64. The van der Waals surface area contributed by atoms with Crippen LogP contribution in [0.1, 0.15) is 17.0 Å². The van der Waals surface area contributed by atoms with Crippen LogP contribution in [0.15, 0.2) is 29.2 Å². The maximum absolute atomic E-state index is 12.3. The summed E-state index contributed by atoms with van der Waals surface area (Å²) >= 11 is 0. The zero-order valence-electron chi connectivity index (χ0n) is 13.6. The van der Waals surface area contributed by atoms with Gasteiger partial charge in [-0.15, -0.1) is 0 Å². The van der Waals surface area contributed by atoms with E-state index in [0.717, 1.165) is 0 Å². The number of hydrogen-bond acceptors (Lipinski definition) is 7. The number of aryl methyl sites for hydroxylation is 2. The molecule has 0 aliphatic carbocycles. The van der Waals surface area contributed by atoms with Crippen LogP contribution in [0.5, 0.6) is 0 Å². The van der Waals surface area contributed by atoms with Gasteiger partial charge in [-0.2, -0.15) is 8.42 Å². The largest absolute Gasteiger partial charge is 0.399 e. The first kappa shape index (κ1) is 19.1. The minimum absolute atomic E-state index is 0.0102. The van der Waals surface area contributed by atoms with Crippen LogP contribution in [0.3, 0.4) is 0 Å². The monoisotopic (exact) mass is 386 g/mol. The van der Waals surface area contributed by atoms with E-state index in [1.54, 1.807) is 13.8 Å². The summed E-state index contributed by atoms with van der Waals surface area (Å²) in [4.78, 5) is 8.13. The van der Waals surface area contributed by atoms with E-state index >= 15 is 0 Å². The number of hydrogen-bond donors (Lipinski definition) is 3. The summed E-state index contributed by atoms with van der Waals surface area (Å²) in [5, 5.41) is 0. The molecule has 2 rings (SSSR count). The Balaban J connectivity index is 2.27. The van der Waals surface area contributed by atoms with Crippen LogP contribution < -0.4 is 10.5 Å². The SMILES string of the molecule is Cc1nc(NS(=O)(=O)c2ccc(N)cc2)nc(C)c1CCS(=O)(=O)O. The molecule has 0 saturated carbocycles. The minimum atomic E-state index is -4.11. The molecule has 11 heteroatoms. The molecule has 0 aliphatic heterocycles. The third kappa shape index (κ3) is 5.11. The lowest BCUT2D eigenvalue weighted by Crippen LogP contribution is -2.17. The molecule has 0 bridgehead atoms. The highest BCUT2D eigenvalue weighted by molar-refractivity contribution is 7.92. The molecule has 0 unspecified atom stereocenters. The van der Waals surface area contributed by atoms with Crippen LogP contribution in [0.2, 0.25) is 0 Å². The molecule has 0 aliphatic rings. The maximum atomic E-state index is 12.3. The second-order valence-corrected chi connectivity index (χ2v) is 8.66. The number of benzene rings is 1. The Hall–Kier alpha value is -2.24. The predicted octanol–water partition coefficient (Wildman–Crippen LogP) is 0.907. The Bertz CT molecular complexity index is 963. The zero-order chi connectivity index (χ0) is 18.8. The number of nitrogens with two attached hydrogens (primary N) is 1. The highest BCUT2D eigenvalue weighted by Gasteiger charge is 2.18. The second-order valence-electron chi connectivity index (χ2n) is 5.41. The van der Waals surface area contributed by atoms with Crippen LogP contribution in [-0.2, 0) is 26.6 Å². The minimum Gasteiger partial charge on any atom is -0.399 e. The van der Waals surface area contributed by atoms with Gasteiger partial charge in [0.2, 0.25) is 5.95 Å². The predicted molar refractivity (Wildman–Crippen MR) is 93.3 cm³/mol. The Morgan fingerprint density at radius 3 is 2.04 bits per heavy atom. The average molecular weight is 386 g/mol. The van der Waals surface area contributed by atoms with Crippen LogP contribution in [0.25, 0.3) is 0 Å². The number of nitrogens with zero attached hydrogens (tertiary/aromatic N) is 2. The average Bonchev–Trinajstić information content (AvgIpc) is 2.45. The first-order valence-corrected chi connectivity index (χ1v) is 10.2. The molecular weight excluding hydrogens is 368 g/mol. The quantitative estimate of drug-likeness (QED) is 0.489. The first-order valence-electron chi connectivity index (χ1n) is 7.15. The van der Waals surface area contributed by atoms with Gasteiger partial charge in [-0.3, -0.25) is 4.55 Å². The summed E-state index contributed by atoms with van der Waals surface area (Å²) in [5.41, 5.74) is 7.35. The van der Waals surface area contributed by atoms with Crippen molar-refractivity contribution in [3.05, 3.63) is 41.2 Å². The highest BCUT2D eigenvalue weighted by atomic mass is 32.2. The van der Waals surface area contributed by atoms with Gasteiger partial charge in [0.25, 0.3) is 20.1 Å². The fourth-order valence-electron chi connectivity index (χ4n) is 2.20. The van der Waals surface area contributed by atoms with Gasteiger partial charge in [0.15, 0.2) is 0 Å². The van der Waals surface area contributed by atoms with Gasteiger partial charge in [-0.05, 0) is 50.1 Å². The van der Waals surface area contributed by atoms with Crippen LogP contribution in [0.4, 0.5) is 11.6 Å². The summed E-state index contributed by atoms with van der Waals surface area (Å²) in [5.74, 6) is -0.586. The van der Waals surface area contributed by atoms with Gasteiger partial charge in [-0.1, -0.05) is 0 Å². The lowest BCUT2D eigenvalue weighted by atomic mass is 10.1. The van der Waals surface area contributed by atoms with Crippen molar-refractivity contribution in [3.63, 3.8) is 0 Å². The van der Waals surface area contributed by atoms with E-state index in [-0.39, 0.29) is 17.3 Å². The Morgan fingerprint density at radius 2 is 1.56 bits per heavy atom. The summed E-state index contributed by atoms with van der Waals surface area (Å²) in [6.45, 7) is 3.21. The maximum Gasteiger partial charge on any atom is 0.265 e. The molecule has 1 heterocycles. The summed E-state index contributed by atoms with van der Waals surface area (Å²) < 4.78 is 57.5. The standard InChI is InChI=1S/C14H18N4O5S2/c1-9-13(7-8-24(19,20)21)10(2)17-14(16-9)18-25(22,23)12-5-3-11(15)4-6-12/h3-6H,7-8,15H2,1-2H3,(H,16,17,18)(H,19,20,21). The van der Waals surface area contributed by atoms with E-state index < -0.39 is 25.9 Å². The van der Waals surface area contributed by atoms with Gasteiger partial charge < -0.3 is 5.73 Å². The van der Waals surface area contributed by atoms with Crippen molar-refractivity contribution in [2.75, 3.05) is 16.2 Å². The van der Waals surface area contributed by atoms with E-state index in [1.807, 2.05) is 0 Å². The van der Waals surface area contributed by atoms with Gasteiger partial charge in [0.1, 0.15) is 0 Å². The van der Waals surface area contributed by atoms with E-state index in [4.69, 9.17) is 10.3 Å². The fraction of sp³-hybridized carbons (Fsp3) is 0.286. The second kappa shape index (κ2) is 6.94. The molecule has 0 spiro atoms. The van der Waals surface area contributed by atoms with Crippen molar-refractivity contribution in [2.45, 2.75) is 25.2 Å². The molecule has 4 N–H and O–H groups in total. The number of nitrogens with one attached hydrogen (secondary N) is 1. The Kier molecular flexibility index (Phi) is 5.30. The lowest BCUT2D eigenvalue weighted by molar-refractivity contribution is 0.482. The van der Waals surface area contributed by atoms with Crippen molar-refractivity contribution in [1.82, 2.24) is 9.97 Å². The number of anilines is 2. The third-order valence-electron chi connectivity index (χ3n) is 3.45. The molecule has 9 nitrogen and oxygen atoms in total. The smallest absolute Gasteiger partial charge is 0.265 e. The van der Waals surface area contributed by atoms with Crippen LogP contribution in [-0.4, -0.2) is 37.1 Å². The van der Waals surface area contributed by atoms with Crippen molar-refractivity contribution in [3.8, 4) is 0 Å². The number of sulfonamides is 1. The zero-order valence-corrected chi connectivity index (χ0v) is 15.2. The molecule has 2 aromatic rings. The molecule has 0 radical (unpaired) electrons. The van der Waals surface area contributed by atoms with Crippen molar-refractivity contribution in [1.29, 1.82) is 0 Å². The highest BCUT2D eigenvalue weighted by Crippen LogP contribution is 2.18. The summed E-state index contributed by atoms with van der Waals surface area (Å²) in [7, 11) is -7.99. The number of rotatable bonds is 6. The van der Waals surface area contributed by atoms with Gasteiger partial charge in [0, 0.05) is 17.1 Å². The normalized spacial score (nSPS) is 12.1. The van der Waals surface area contributed by atoms with E-state index in [9.17, 15) is 16.8 Å². The lowest BCUT2D eigenvalue weighted by Gasteiger charge is -2.12. The molecule has 25 heavy (non-hydrogen) atoms. The molecule has 1 aromatic heterocycles. The molecule has 1 aromatic carbocycles. The topological polar surface area (TPSA) is 152 Å². The van der Waals surface area contributed by atoms with Crippen molar-refractivity contribution >= 4 is 31.8 Å². The van der Waals surface area contributed by atoms with Gasteiger partial charge in [-0.25, -0.2) is 23.1 Å². The molecular formula is C14H18N4O5S2. The van der Waals surface area contributed by atoms with Crippen molar-refractivity contribution < 1.29 is 21.4 Å². The van der Waals surface area contributed by atoms with E-state index in [2.05, 4.69) is 14.7 Å². The van der Waals surface area contributed by atoms with E-state index in [0.29, 0.717) is 22.6 Å². The van der Waals surface area contributed by atoms with E-state index in [1.165, 1.54) is 24.3 Å².